The highest BCUT2D eigenvalue weighted by molar-refractivity contribution is 7.13. The maximum absolute atomic E-state index is 11.7. The van der Waals surface area contributed by atoms with Gasteiger partial charge in [-0.15, -0.1) is 17.9 Å². The molecule has 1 aromatic carbocycles. The fourth-order valence-corrected chi connectivity index (χ4v) is 3.70. The van der Waals surface area contributed by atoms with E-state index >= 15 is 0 Å². The minimum Gasteiger partial charge on any atom is -0.464 e. The van der Waals surface area contributed by atoms with E-state index in [1.54, 1.807) is 42.5 Å². The van der Waals surface area contributed by atoms with Gasteiger partial charge in [-0.1, -0.05) is 31.2 Å². The zero-order chi connectivity index (χ0) is 21.5. The van der Waals surface area contributed by atoms with Gasteiger partial charge in [-0.2, -0.15) is 0 Å². The van der Waals surface area contributed by atoms with E-state index in [1.165, 1.54) is 0 Å². The lowest BCUT2D eigenvalue weighted by molar-refractivity contribution is -0.153. The summed E-state index contributed by atoms with van der Waals surface area (Å²) in [6.45, 7) is 7.86. The first-order valence-electron chi connectivity index (χ1n) is 9.83. The van der Waals surface area contributed by atoms with Crippen LogP contribution in [0.1, 0.15) is 36.8 Å². The fraction of sp³-hybridized carbons (Fsp3) is 0.261. The lowest BCUT2D eigenvalue weighted by Crippen LogP contribution is -2.15. The van der Waals surface area contributed by atoms with E-state index in [9.17, 15) is 9.90 Å². The Bertz CT molecular complexity index is 1000. The van der Waals surface area contributed by atoms with Gasteiger partial charge in [-0.3, -0.25) is 0 Å². The van der Waals surface area contributed by atoms with Crippen molar-refractivity contribution < 1.29 is 14.6 Å². The average molecular weight is 424 g/mol. The van der Waals surface area contributed by atoms with Gasteiger partial charge in [0, 0.05) is 16.9 Å². The van der Waals surface area contributed by atoms with Crippen LogP contribution in [0, 0.1) is 0 Å². The Morgan fingerprint density at radius 2 is 2.03 bits per heavy atom. The maximum atomic E-state index is 11.7. The number of hydrogen-bond donors (Lipinski definition) is 2. The molecule has 0 spiro atoms. The first-order chi connectivity index (χ1) is 14.6. The van der Waals surface area contributed by atoms with Crippen molar-refractivity contribution in [1.82, 2.24) is 9.97 Å². The molecule has 0 saturated carbocycles. The van der Waals surface area contributed by atoms with E-state index < -0.39 is 12.1 Å². The monoisotopic (exact) mass is 423 g/mol. The van der Waals surface area contributed by atoms with Crippen LogP contribution in [0.4, 0.5) is 11.5 Å². The Balaban J connectivity index is 1.92. The number of ether oxygens (including phenoxy) is 1. The minimum atomic E-state index is -1.30. The first kappa shape index (κ1) is 21.7. The van der Waals surface area contributed by atoms with Crippen LogP contribution in [-0.2, 0) is 22.4 Å². The van der Waals surface area contributed by atoms with Crippen LogP contribution in [0.15, 0.2) is 54.4 Å². The summed E-state index contributed by atoms with van der Waals surface area (Å²) in [4.78, 5) is 22.3. The van der Waals surface area contributed by atoms with Crippen molar-refractivity contribution in [1.29, 1.82) is 0 Å². The number of allylic oxidation sites excluding steroid dienone is 1. The standard InChI is InChI=1S/C23H25N3O3S/c1-4-8-17-18(5-2)25-22(19-9-7-14-30-19)26-21(17)24-16-12-10-15(11-13-16)20(27)23(28)29-6-3/h4,7,9-14,20,27H,1,5-6,8H2,2-3H3,(H,24,25,26). The normalized spacial score (nSPS) is 11.7. The second kappa shape index (κ2) is 10.1. The van der Waals surface area contributed by atoms with E-state index in [1.807, 2.05) is 23.6 Å². The van der Waals surface area contributed by atoms with E-state index in [0.29, 0.717) is 17.8 Å². The Morgan fingerprint density at radius 1 is 1.27 bits per heavy atom. The zero-order valence-electron chi connectivity index (χ0n) is 17.1. The molecule has 2 heterocycles. The predicted octanol–water partition coefficient (Wildman–Crippen LogP) is 4.84. The van der Waals surface area contributed by atoms with Crippen LogP contribution in [0.3, 0.4) is 0 Å². The molecule has 0 aliphatic heterocycles. The molecular weight excluding hydrogens is 398 g/mol. The van der Waals surface area contributed by atoms with Gasteiger partial charge in [-0.25, -0.2) is 14.8 Å². The van der Waals surface area contributed by atoms with E-state index in [0.717, 1.165) is 34.1 Å². The van der Waals surface area contributed by atoms with Crippen molar-refractivity contribution in [2.24, 2.45) is 0 Å². The molecule has 2 aromatic heterocycles. The van der Waals surface area contributed by atoms with Gasteiger partial charge in [0.2, 0.25) is 0 Å². The first-order valence-corrected chi connectivity index (χ1v) is 10.7. The predicted molar refractivity (Wildman–Crippen MR) is 120 cm³/mol. The van der Waals surface area contributed by atoms with Gasteiger partial charge in [0.1, 0.15) is 5.82 Å². The molecule has 0 bridgehead atoms. The lowest BCUT2D eigenvalue weighted by Gasteiger charge is -2.16. The largest absolute Gasteiger partial charge is 0.464 e. The number of aromatic nitrogens is 2. The Labute approximate surface area is 180 Å². The van der Waals surface area contributed by atoms with Crippen LogP contribution < -0.4 is 5.32 Å². The fourth-order valence-electron chi connectivity index (χ4n) is 3.04. The Kier molecular flexibility index (Phi) is 7.32. The number of nitrogens with zero attached hydrogens (tertiary/aromatic N) is 2. The molecule has 7 heteroatoms. The molecule has 0 fully saturated rings. The molecule has 0 aliphatic rings. The van der Waals surface area contributed by atoms with Crippen LogP contribution in [0.2, 0.25) is 0 Å². The molecule has 0 radical (unpaired) electrons. The third-order valence-corrected chi connectivity index (χ3v) is 5.38. The second-order valence-corrected chi connectivity index (χ2v) is 7.49. The molecule has 30 heavy (non-hydrogen) atoms. The van der Waals surface area contributed by atoms with Gasteiger partial charge in [-0.05, 0) is 48.9 Å². The number of thiophene rings is 1. The molecule has 156 valence electrons. The molecule has 0 aliphatic carbocycles. The summed E-state index contributed by atoms with van der Waals surface area (Å²) in [7, 11) is 0. The SMILES string of the molecule is C=CCc1c(CC)nc(-c2cccs2)nc1Nc1ccc(C(O)C(=O)OCC)cc1. The van der Waals surface area contributed by atoms with Crippen molar-refractivity contribution in [2.45, 2.75) is 32.8 Å². The van der Waals surface area contributed by atoms with Gasteiger partial charge in [0.15, 0.2) is 11.9 Å². The highest BCUT2D eigenvalue weighted by atomic mass is 32.1. The van der Waals surface area contributed by atoms with Crippen LogP contribution in [0.25, 0.3) is 10.7 Å². The number of carbonyl (C=O) groups is 1. The van der Waals surface area contributed by atoms with Gasteiger partial charge >= 0.3 is 5.97 Å². The highest BCUT2D eigenvalue weighted by Crippen LogP contribution is 2.29. The molecular formula is C23H25N3O3S. The Hall–Kier alpha value is -3.03. The summed E-state index contributed by atoms with van der Waals surface area (Å²) >= 11 is 1.60. The topological polar surface area (TPSA) is 84.3 Å². The number of nitrogens with one attached hydrogen (secondary N) is 1. The number of hydrogen-bond acceptors (Lipinski definition) is 7. The van der Waals surface area contributed by atoms with Crippen LogP contribution in [0.5, 0.6) is 0 Å². The number of aliphatic hydroxyl groups is 1. The molecule has 3 aromatic rings. The van der Waals surface area contributed by atoms with Gasteiger partial charge < -0.3 is 15.2 Å². The highest BCUT2D eigenvalue weighted by Gasteiger charge is 2.19. The van der Waals surface area contributed by atoms with E-state index in [4.69, 9.17) is 14.7 Å². The zero-order valence-corrected chi connectivity index (χ0v) is 17.9. The average Bonchev–Trinajstić information content (AvgIpc) is 3.30. The number of anilines is 2. The number of carbonyl (C=O) groups excluding carboxylic acids is 1. The van der Waals surface area contributed by atoms with Crippen molar-refractivity contribution in [3.8, 4) is 10.7 Å². The van der Waals surface area contributed by atoms with E-state index in [2.05, 4.69) is 18.8 Å². The summed E-state index contributed by atoms with van der Waals surface area (Å²) in [6.07, 6.45) is 1.97. The molecule has 1 atom stereocenters. The molecule has 3 rings (SSSR count). The third-order valence-electron chi connectivity index (χ3n) is 4.52. The quantitative estimate of drug-likeness (QED) is 0.379. The summed E-state index contributed by atoms with van der Waals surface area (Å²) < 4.78 is 4.87. The molecule has 2 N–H and O–H groups in total. The van der Waals surface area contributed by atoms with Crippen LogP contribution in [-0.4, -0.2) is 27.7 Å². The molecule has 0 amide bonds. The smallest absolute Gasteiger partial charge is 0.339 e. The number of aliphatic hydroxyl groups excluding tert-OH is 1. The Morgan fingerprint density at radius 3 is 2.63 bits per heavy atom. The third kappa shape index (κ3) is 4.93. The lowest BCUT2D eigenvalue weighted by atomic mass is 10.1. The van der Waals surface area contributed by atoms with Crippen molar-refractivity contribution >= 4 is 28.8 Å². The summed E-state index contributed by atoms with van der Waals surface area (Å²) in [6, 6.07) is 11.0. The number of benzene rings is 1. The number of aryl methyl sites for hydroxylation is 1. The second-order valence-electron chi connectivity index (χ2n) is 6.55. The molecule has 6 nitrogen and oxygen atoms in total. The molecule has 0 saturated heterocycles. The number of esters is 1. The van der Waals surface area contributed by atoms with E-state index in [-0.39, 0.29) is 6.61 Å². The molecule has 1 unspecified atom stereocenters. The van der Waals surface area contributed by atoms with Crippen molar-refractivity contribution in [3.05, 3.63) is 71.3 Å². The van der Waals surface area contributed by atoms with Crippen LogP contribution >= 0.6 is 11.3 Å². The van der Waals surface area contributed by atoms with Gasteiger partial charge in [0.05, 0.1) is 11.5 Å². The van der Waals surface area contributed by atoms with Gasteiger partial charge in [0.25, 0.3) is 0 Å². The maximum Gasteiger partial charge on any atom is 0.339 e. The summed E-state index contributed by atoms with van der Waals surface area (Å²) in [5.74, 6) is 0.755. The van der Waals surface area contributed by atoms with Crippen molar-refractivity contribution in [2.75, 3.05) is 11.9 Å². The number of rotatable bonds is 9. The summed E-state index contributed by atoms with van der Waals surface area (Å²) in [5.41, 5.74) is 3.24. The van der Waals surface area contributed by atoms with Crippen molar-refractivity contribution in [3.63, 3.8) is 0 Å². The summed E-state index contributed by atoms with van der Waals surface area (Å²) in [5, 5.41) is 15.5. The minimum absolute atomic E-state index is 0.224.